The monoisotopic (exact) mass is 431 g/mol. The van der Waals surface area contributed by atoms with E-state index in [0.717, 1.165) is 22.5 Å². The van der Waals surface area contributed by atoms with Crippen molar-refractivity contribution in [1.82, 2.24) is 4.31 Å². The SMILES string of the molecule is COc1cc(N2CCN(S(=O)(=O)c3cc(F)ccc3F)CC2)c([N+](=O)[O-])cc1F. The Morgan fingerprint density at radius 3 is 2.28 bits per heavy atom. The van der Waals surface area contributed by atoms with Gasteiger partial charge in [0.05, 0.1) is 18.1 Å². The van der Waals surface area contributed by atoms with Crippen molar-refractivity contribution in [2.75, 3.05) is 38.2 Å². The third kappa shape index (κ3) is 3.98. The number of hydrogen-bond donors (Lipinski definition) is 0. The summed E-state index contributed by atoms with van der Waals surface area (Å²) in [5, 5.41) is 11.3. The van der Waals surface area contributed by atoms with E-state index in [-0.39, 0.29) is 37.6 Å². The molecule has 0 bridgehead atoms. The lowest BCUT2D eigenvalue weighted by Crippen LogP contribution is -2.49. The first-order chi connectivity index (χ1) is 13.6. The van der Waals surface area contributed by atoms with Crippen LogP contribution >= 0.6 is 0 Å². The van der Waals surface area contributed by atoms with E-state index in [1.807, 2.05) is 0 Å². The molecule has 0 atom stereocenters. The number of anilines is 1. The van der Waals surface area contributed by atoms with Crippen molar-refractivity contribution >= 4 is 21.4 Å². The summed E-state index contributed by atoms with van der Waals surface area (Å²) < 4.78 is 72.3. The number of nitrogens with zero attached hydrogens (tertiary/aromatic N) is 3. The average molecular weight is 431 g/mol. The molecular formula is C17H16F3N3O5S. The summed E-state index contributed by atoms with van der Waals surface area (Å²) in [5.74, 6) is -3.06. The lowest BCUT2D eigenvalue weighted by Gasteiger charge is -2.35. The molecule has 0 spiro atoms. The molecule has 2 aromatic carbocycles. The fourth-order valence-corrected chi connectivity index (χ4v) is 4.57. The van der Waals surface area contributed by atoms with Crippen LogP contribution in [0.3, 0.4) is 0 Å². The summed E-state index contributed by atoms with van der Waals surface area (Å²) in [6.45, 7) is -0.220. The number of hydrogen-bond acceptors (Lipinski definition) is 6. The number of benzene rings is 2. The topological polar surface area (TPSA) is 93.0 Å². The fourth-order valence-electron chi connectivity index (χ4n) is 3.07. The zero-order valence-electron chi connectivity index (χ0n) is 15.1. The molecule has 0 radical (unpaired) electrons. The van der Waals surface area contributed by atoms with Gasteiger partial charge in [0.2, 0.25) is 10.0 Å². The molecule has 29 heavy (non-hydrogen) atoms. The molecule has 0 aromatic heterocycles. The number of piperazine rings is 1. The fraction of sp³-hybridized carbons (Fsp3) is 0.294. The van der Waals surface area contributed by atoms with Crippen LogP contribution in [0.15, 0.2) is 35.2 Å². The van der Waals surface area contributed by atoms with Gasteiger partial charge in [-0.3, -0.25) is 10.1 Å². The van der Waals surface area contributed by atoms with E-state index in [1.165, 1.54) is 18.1 Å². The first-order valence-corrected chi connectivity index (χ1v) is 9.81. The van der Waals surface area contributed by atoms with Gasteiger partial charge in [-0.05, 0) is 18.2 Å². The molecule has 0 unspecified atom stereocenters. The Morgan fingerprint density at radius 1 is 1.03 bits per heavy atom. The van der Waals surface area contributed by atoms with E-state index >= 15 is 0 Å². The average Bonchev–Trinajstić information content (AvgIpc) is 2.69. The van der Waals surface area contributed by atoms with Crippen LogP contribution < -0.4 is 9.64 Å². The Balaban J connectivity index is 1.86. The molecule has 0 N–H and O–H groups in total. The molecular weight excluding hydrogens is 415 g/mol. The molecule has 0 amide bonds. The predicted octanol–water partition coefficient (Wildman–Crippen LogP) is 2.53. The lowest BCUT2D eigenvalue weighted by molar-refractivity contribution is -0.384. The van der Waals surface area contributed by atoms with Gasteiger partial charge in [-0.15, -0.1) is 0 Å². The second kappa shape index (κ2) is 7.87. The number of ether oxygens (including phenoxy) is 1. The third-order valence-corrected chi connectivity index (χ3v) is 6.45. The van der Waals surface area contributed by atoms with Crippen molar-refractivity contribution in [2.24, 2.45) is 0 Å². The molecule has 1 saturated heterocycles. The van der Waals surface area contributed by atoms with Gasteiger partial charge in [0.25, 0.3) is 5.69 Å². The van der Waals surface area contributed by atoms with Crippen LogP contribution in [0.2, 0.25) is 0 Å². The molecule has 0 aliphatic carbocycles. The van der Waals surface area contributed by atoms with Crippen molar-refractivity contribution in [3.05, 3.63) is 57.9 Å². The zero-order valence-corrected chi connectivity index (χ0v) is 16.0. The van der Waals surface area contributed by atoms with E-state index in [2.05, 4.69) is 0 Å². The van der Waals surface area contributed by atoms with Gasteiger partial charge in [-0.25, -0.2) is 21.6 Å². The summed E-state index contributed by atoms with van der Waals surface area (Å²) in [4.78, 5) is 11.3. The van der Waals surface area contributed by atoms with Crippen molar-refractivity contribution in [2.45, 2.75) is 4.90 Å². The standard InChI is InChI=1S/C17H16F3N3O5S/c1-28-16-10-14(15(23(24)25)9-13(16)20)21-4-6-22(7-5-21)29(26,27)17-8-11(18)2-3-12(17)19/h2-3,8-10H,4-7H2,1H3. The minimum Gasteiger partial charge on any atom is -0.494 e. The summed E-state index contributed by atoms with van der Waals surface area (Å²) >= 11 is 0. The molecule has 1 heterocycles. The van der Waals surface area contributed by atoms with Gasteiger partial charge < -0.3 is 9.64 Å². The zero-order chi connectivity index (χ0) is 21.3. The largest absolute Gasteiger partial charge is 0.494 e. The molecule has 1 fully saturated rings. The van der Waals surface area contributed by atoms with Gasteiger partial charge in [-0.1, -0.05) is 0 Å². The Bertz CT molecular complexity index is 1060. The Hall–Kier alpha value is -2.86. The Labute approximate surface area is 164 Å². The van der Waals surface area contributed by atoms with E-state index in [1.54, 1.807) is 0 Å². The highest BCUT2D eigenvalue weighted by molar-refractivity contribution is 7.89. The maximum atomic E-state index is 13.9. The molecule has 1 aliphatic heterocycles. The minimum absolute atomic E-state index is 0.0196. The molecule has 8 nitrogen and oxygen atoms in total. The van der Waals surface area contributed by atoms with Crippen LogP contribution in [-0.4, -0.2) is 50.9 Å². The lowest BCUT2D eigenvalue weighted by atomic mass is 10.2. The highest BCUT2D eigenvalue weighted by Gasteiger charge is 2.33. The van der Waals surface area contributed by atoms with Crippen molar-refractivity contribution < 1.29 is 31.2 Å². The van der Waals surface area contributed by atoms with E-state index in [4.69, 9.17) is 4.74 Å². The van der Waals surface area contributed by atoms with Gasteiger partial charge in [0, 0.05) is 32.2 Å². The number of nitro benzene ring substituents is 1. The Morgan fingerprint density at radius 2 is 1.69 bits per heavy atom. The Kier molecular flexibility index (Phi) is 5.66. The van der Waals surface area contributed by atoms with Gasteiger partial charge in [-0.2, -0.15) is 4.31 Å². The summed E-state index contributed by atoms with van der Waals surface area (Å²) in [7, 11) is -3.08. The highest BCUT2D eigenvalue weighted by atomic mass is 32.2. The smallest absolute Gasteiger partial charge is 0.295 e. The van der Waals surface area contributed by atoms with Crippen molar-refractivity contribution in [3.8, 4) is 5.75 Å². The molecule has 3 rings (SSSR count). The maximum Gasteiger partial charge on any atom is 0.295 e. The minimum atomic E-state index is -4.29. The maximum absolute atomic E-state index is 13.9. The number of rotatable bonds is 5. The van der Waals surface area contributed by atoms with E-state index in [9.17, 15) is 31.7 Å². The van der Waals surface area contributed by atoms with Crippen molar-refractivity contribution in [1.29, 1.82) is 0 Å². The van der Waals surface area contributed by atoms with Crippen LogP contribution in [0.4, 0.5) is 24.5 Å². The second-order valence-corrected chi connectivity index (χ2v) is 8.10. The van der Waals surface area contributed by atoms with Gasteiger partial charge in [0.15, 0.2) is 11.6 Å². The number of nitro groups is 1. The van der Waals surface area contributed by atoms with Crippen LogP contribution in [0.5, 0.6) is 5.75 Å². The number of sulfonamides is 1. The van der Waals surface area contributed by atoms with E-state index < -0.39 is 43.0 Å². The van der Waals surface area contributed by atoms with Crippen LogP contribution in [0, 0.1) is 27.6 Å². The molecule has 12 heteroatoms. The molecule has 0 saturated carbocycles. The van der Waals surface area contributed by atoms with Crippen molar-refractivity contribution in [3.63, 3.8) is 0 Å². The summed E-state index contributed by atoms with van der Waals surface area (Å²) in [6, 6.07) is 4.05. The first-order valence-electron chi connectivity index (χ1n) is 8.37. The van der Waals surface area contributed by atoms with Gasteiger partial charge in [0.1, 0.15) is 22.2 Å². The van der Waals surface area contributed by atoms with Gasteiger partial charge >= 0.3 is 0 Å². The summed E-state index contributed by atoms with van der Waals surface area (Å²) in [6.07, 6.45) is 0. The summed E-state index contributed by atoms with van der Waals surface area (Å²) in [5.41, 5.74) is -0.419. The van der Waals surface area contributed by atoms with Crippen LogP contribution in [-0.2, 0) is 10.0 Å². The first kappa shape index (κ1) is 20.9. The number of halogens is 3. The molecule has 1 aliphatic rings. The predicted molar refractivity (Wildman–Crippen MR) is 96.9 cm³/mol. The van der Waals surface area contributed by atoms with E-state index in [0.29, 0.717) is 6.07 Å². The molecule has 156 valence electrons. The normalized spacial score (nSPS) is 15.4. The highest BCUT2D eigenvalue weighted by Crippen LogP contribution is 2.35. The second-order valence-electron chi connectivity index (χ2n) is 6.20. The van der Waals surface area contributed by atoms with Crippen LogP contribution in [0.25, 0.3) is 0 Å². The van der Waals surface area contributed by atoms with Crippen LogP contribution in [0.1, 0.15) is 0 Å². The number of methoxy groups -OCH3 is 1. The third-order valence-electron chi connectivity index (χ3n) is 4.54. The molecule has 2 aromatic rings. The quantitative estimate of drug-likeness (QED) is 0.534.